The molecule has 63 heavy (non-hydrogen) atoms. The molecule has 0 aliphatic carbocycles. The molecule has 294 valence electrons. The molecule has 0 atom stereocenters. The van der Waals surface area contributed by atoms with E-state index >= 15 is 0 Å². The van der Waals surface area contributed by atoms with Crippen molar-refractivity contribution in [3.8, 4) is 72.4 Å². The quantitative estimate of drug-likeness (QED) is 0.151. The zero-order valence-electron chi connectivity index (χ0n) is 34.6. The summed E-state index contributed by atoms with van der Waals surface area (Å²) in [6.45, 7) is 0. The molecule has 1 aromatic heterocycles. The van der Waals surface area contributed by atoms with Gasteiger partial charge in [0.25, 0.3) is 0 Å². The third kappa shape index (κ3) is 6.59. The molecule has 1 heteroatoms. The largest absolute Gasteiger partial charge is 0.309 e. The predicted molar refractivity (Wildman–Crippen MR) is 268 cm³/mol. The molecule has 1 heterocycles. The zero-order valence-corrected chi connectivity index (χ0v) is 34.6. The van der Waals surface area contributed by atoms with E-state index in [9.17, 15) is 0 Å². The number of nitrogens with zero attached hydrogens (tertiary/aromatic N) is 1. The number of hydrogen-bond donors (Lipinski definition) is 0. The summed E-state index contributed by atoms with van der Waals surface area (Å²) in [5.74, 6) is 0. The molecule has 0 amide bonds. The third-order valence-electron chi connectivity index (χ3n) is 12.9. The zero-order chi connectivity index (χ0) is 41.7. The summed E-state index contributed by atoms with van der Waals surface area (Å²) in [5, 5.41) is 7.60. The predicted octanol–water partition coefficient (Wildman–Crippen LogP) is 17.1. The first-order valence-corrected chi connectivity index (χ1v) is 21.7. The van der Waals surface area contributed by atoms with Crippen molar-refractivity contribution in [3.63, 3.8) is 0 Å². The Morgan fingerprint density at radius 1 is 0.222 bits per heavy atom. The van der Waals surface area contributed by atoms with Gasteiger partial charge in [0.05, 0.1) is 11.0 Å². The molecule has 0 radical (unpaired) electrons. The number of rotatable bonds is 7. The summed E-state index contributed by atoms with van der Waals surface area (Å²) in [6, 6.07) is 90.8. The van der Waals surface area contributed by atoms with Gasteiger partial charge in [0.1, 0.15) is 0 Å². The van der Waals surface area contributed by atoms with Gasteiger partial charge in [-0.1, -0.05) is 224 Å². The minimum absolute atomic E-state index is 1.15. The van der Waals surface area contributed by atoms with Crippen LogP contribution in [0.5, 0.6) is 0 Å². The maximum absolute atomic E-state index is 2.45. The van der Waals surface area contributed by atoms with Crippen molar-refractivity contribution in [1.82, 2.24) is 4.57 Å². The van der Waals surface area contributed by atoms with E-state index in [0.29, 0.717) is 0 Å². The van der Waals surface area contributed by atoms with Crippen LogP contribution in [0.15, 0.2) is 249 Å². The fourth-order valence-corrected chi connectivity index (χ4v) is 9.56. The molecule has 0 N–H and O–H groups in total. The van der Waals surface area contributed by atoms with Crippen LogP contribution in [0.2, 0.25) is 0 Å². The van der Waals surface area contributed by atoms with E-state index in [1.807, 2.05) is 0 Å². The van der Waals surface area contributed by atoms with Crippen LogP contribution in [0, 0.1) is 0 Å². The Labute approximate surface area is 367 Å². The lowest BCUT2D eigenvalue weighted by molar-refractivity contribution is 1.18. The summed E-state index contributed by atoms with van der Waals surface area (Å²) in [6.07, 6.45) is 0. The minimum atomic E-state index is 1.15. The van der Waals surface area contributed by atoms with Gasteiger partial charge in [-0.2, -0.15) is 0 Å². The maximum atomic E-state index is 2.45. The van der Waals surface area contributed by atoms with Gasteiger partial charge in [-0.15, -0.1) is 0 Å². The SMILES string of the molecule is c1ccc(-c2ccc(-c3ccc(-c4ccc(-c5ccc(-c6ccc(-n7c8cc(-c9cccc%10ccccc9%10)ccc8c8c9ccccc9ccc87)cc6)cc5)cc4)cc3)cc2)cc1. The van der Waals surface area contributed by atoms with Gasteiger partial charge in [-0.3, -0.25) is 0 Å². The van der Waals surface area contributed by atoms with Gasteiger partial charge in [0.2, 0.25) is 0 Å². The van der Waals surface area contributed by atoms with Crippen molar-refractivity contribution in [3.05, 3.63) is 249 Å². The average Bonchev–Trinajstić information content (AvgIpc) is 3.71. The van der Waals surface area contributed by atoms with Gasteiger partial charge in [-0.05, 0) is 113 Å². The van der Waals surface area contributed by atoms with Gasteiger partial charge >= 0.3 is 0 Å². The van der Waals surface area contributed by atoms with Crippen molar-refractivity contribution in [1.29, 1.82) is 0 Å². The molecule has 0 unspecified atom stereocenters. The fourth-order valence-electron chi connectivity index (χ4n) is 9.56. The molecule has 12 aromatic rings. The molecule has 0 saturated carbocycles. The number of fused-ring (bicyclic) bond motifs is 6. The Morgan fingerprint density at radius 3 is 1.14 bits per heavy atom. The lowest BCUT2D eigenvalue weighted by Gasteiger charge is -2.12. The highest BCUT2D eigenvalue weighted by atomic mass is 15.0. The van der Waals surface area contributed by atoms with E-state index in [4.69, 9.17) is 0 Å². The first-order chi connectivity index (χ1) is 31.2. The standard InChI is InChI=1S/C62H41N/c1-2-9-42(10-3-1)43-17-19-44(20-18-43)45-21-23-46(24-22-45)47-25-27-48(28-26-47)49-29-31-50(32-30-49)51-33-37-55(38-34-51)63-60-40-36-53-12-5-7-15-58(53)62(60)59-39-35-54(41-61(59)63)57-16-8-13-52-11-4-6-14-56(52)57/h1-41H. The second-order valence-corrected chi connectivity index (χ2v) is 16.5. The number of aromatic nitrogens is 1. The molecule has 0 spiro atoms. The highest BCUT2D eigenvalue weighted by Gasteiger charge is 2.17. The first kappa shape index (κ1) is 36.6. The summed E-state index contributed by atoms with van der Waals surface area (Å²) < 4.78 is 2.45. The van der Waals surface area contributed by atoms with Crippen molar-refractivity contribution in [2.75, 3.05) is 0 Å². The van der Waals surface area contributed by atoms with E-state index in [1.165, 1.54) is 110 Å². The van der Waals surface area contributed by atoms with Crippen LogP contribution in [-0.2, 0) is 0 Å². The third-order valence-corrected chi connectivity index (χ3v) is 12.9. The second kappa shape index (κ2) is 15.3. The van der Waals surface area contributed by atoms with Gasteiger partial charge in [-0.25, -0.2) is 0 Å². The van der Waals surface area contributed by atoms with Crippen LogP contribution in [0.3, 0.4) is 0 Å². The topological polar surface area (TPSA) is 4.93 Å². The van der Waals surface area contributed by atoms with Gasteiger partial charge < -0.3 is 4.57 Å². The van der Waals surface area contributed by atoms with Crippen LogP contribution in [0.4, 0.5) is 0 Å². The van der Waals surface area contributed by atoms with Crippen LogP contribution >= 0.6 is 0 Å². The fraction of sp³-hybridized carbons (Fsp3) is 0. The highest BCUT2D eigenvalue weighted by Crippen LogP contribution is 2.40. The van der Waals surface area contributed by atoms with Gasteiger partial charge in [0, 0.05) is 16.5 Å². The molecule has 12 rings (SSSR count). The Balaban J connectivity index is 0.815. The van der Waals surface area contributed by atoms with E-state index in [2.05, 4.69) is 253 Å². The van der Waals surface area contributed by atoms with Crippen LogP contribution in [0.1, 0.15) is 0 Å². The molecular formula is C62H41N. The maximum Gasteiger partial charge on any atom is 0.0547 e. The van der Waals surface area contributed by atoms with Gasteiger partial charge in [0.15, 0.2) is 0 Å². The molecular weight excluding hydrogens is 759 g/mol. The van der Waals surface area contributed by atoms with Crippen LogP contribution in [-0.4, -0.2) is 4.57 Å². The van der Waals surface area contributed by atoms with Crippen molar-refractivity contribution < 1.29 is 0 Å². The Hall–Kier alpha value is -8.26. The lowest BCUT2D eigenvalue weighted by Crippen LogP contribution is -1.94. The first-order valence-electron chi connectivity index (χ1n) is 21.7. The summed E-state index contributed by atoms with van der Waals surface area (Å²) in [5.41, 5.74) is 18.2. The lowest BCUT2D eigenvalue weighted by atomic mass is 9.96. The smallest absolute Gasteiger partial charge is 0.0547 e. The second-order valence-electron chi connectivity index (χ2n) is 16.5. The molecule has 0 aliphatic heterocycles. The summed E-state index contributed by atoms with van der Waals surface area (Å²) in [4.78, 5) is 0. The Kier molecular flexibility index (Phi) is 8.90. The van der Waals surface area contributed by atoms with Crippen molar-refractivity contribution in [2.24, 2.45) is 0 Å². The Bertz CT molecular complexity index is 3590. The molecule has 0 saturated heterocycles. The summed E-state index contributed by atoms with van der Waals surface area (Å²) >= 11 is 0. The number of benzene rings is 11. The monoisotopic (exact) mass is 799 g/mol. The average molecular weight is 800 g/mol. The van der Waals surface area contributed by atoms with Crippen LogP contribution in [0.25, 0.3) is 116 Å². The molecule has 0 fully saturated rings. The Morgan fingerprint density at radius 2 is 0.619 bits per heavy atom. The van der Waals surface area contributed by atoms with E-state index in [1.54, 1.807) is 0 Å². The highest BCUT2D eigenvalue weighted by molar-refractivity contribution is 6.22. The molecule has 0 bridgehead atoms. The van der Waals surface area contributed by atoms with Crippen molar-refractivity contribution >= 4 is 43.4 Å². The summed E-state index contributed by atoms with van der Waals surface area (Å²) in [7, 11) is 0. The van der Waals surface area contributed by atoms with E-state index in [0.717, 1.165) is 5.69 Å². The molecule has 1 nitrogen and oxygen atoms in total. The minimum Gasteiger partial charge on any atom is -0.309 e. The van der Waals surface area contributed by atoms with E-state index < -0.39 is 0 Å². The number of hydrogen-bond acceptors (Lipinski definition) is 0. The van der Waals surface area contributed by atoms with Crippen LogP contribution < -0.4 is 0 Å². The molecule has 11 aromatic carbocycles. The van der Waals surface area contributed by atoms with E-state index in [-0.39, 0.29) is 0 Å². The van der Waals surface area contributed by atoms with Crippen molar-refractivity contribution in [2.45, 2.75) is 0 Å². The molecule has 0 aliphatic rings. The normalized spacial score (nSPS) is 11.5.